The smallest absolute Gasteiger partial charge is 0.251 e. The van der Waals surface area contributed by atoms with Gasteiger partial charge in [0, 0.05) is 31.4 Å². The summed E-state index contributed by atoms with van der Waals surface area (Å²) in [5, 5.41) is 12.5. The molecule has 1 aromatic rings. The highest BCUT2D eigenvalue weighted by molar-refractivity contribution is 5.96. The zero-order chi connectivity index (χ0) is 14.5. The van der Waals surface area contributed by atoms with Crippen molar-refractivity contribution in [1.82, 2.24) is 5.32 Å². The Balaban J connectivity index is 2.63. The van der Waals surface area contributed by atoms with Gasteiger partial charge in [-0.25, -0.2) is 0 Å². The van der Waals surface area contributed by atoms with Gasteiger partial charge in [-0.1, -0.05) is 19.9 Å². The molecule has 0 aliphatic carbocycles. The third-order valence-electron chi connectivity index (χ3n) is 3.26. The second-order valence-corrected chi connectivity index (χ2v) is 5.54. The van der Waals surface area contributed by atoms with Crippen LogP contribution in [0, 0.1) is 12.3 Å². The summed E-state index contributed by atoms with van der Waals surface area (Å²) in [4.78, 5) is 12.1. The fourth-order valence-electron chi connectivity index (χ4n) is 1.75. The van der Waals surface area contributed by atoms with Crippen molar-refractivity contribution in [3.05, 3.63) is 29.3 Å². The van der Waals surface area contributed by atoms with E-state index in [0.29, 0.717) is 24.3 Å². The lowest BCUT2D eigenvalue weighted by Crippen LogP contribution is -2.35. The molecular formula is C15H23NO3. The average Bonchev–Trinajstić information content (AvgIpc) is 2.37. The number of carbonyl (C=O) groups is 1. The predicted molar refractivity (Wildman–Crippen MR) is 75.5 cm³/mol. The molecule has 4 nitrogen and oxygen atoms in total. The number of rotatable bonds is 6. The lowest BCUT2D eigenvalue weighted by atomic mass is 9.89. The fourth-order valence-corrected chi connectivity index (χ4v) is 1.75. The first-order valence-electron chi connectivity index (χ1n) is 6.43. The van der Waals surface area contributed by atoms with Crippen LogP contribution in [0.3, 0.4) is 0 Å². The topological polar surface area (TPSA) is 58.6 Å². The Hall–Kier alpha value is -1.55. The highest BCUT2D eigenvalue weighted by Crippen LogP contribution is 2.21. The lowest BCUT2D eigenvalue weighted by Gasteiger charge is -2.24. The molecule has 0 saturated carbocycles. The summed E-state index contributed by atoms with van der Waals surface area (Å²) in [6.07, 6.45) is 0.878. The van der Waals surface area contributed by atoms with Crippen molar-refractivity contribution in [2.45, 2.75) is 27.2 Å². The first kappa shape index (κ1) is 15.5. The number of carbonyl (C=O) groups excluding carboxylic acids is 1. The number of nitrogens with one attached hydrogen (secondary N) is 1. The molecule has 0 radical (unpaired) electrons. The zero-order valence-corrected chi connectivity index (χ0v) is 12.1. The van der Waals surface area contributed by atoms with Crippen LogP contribution >= 0.6 is 0 Å². The summed E-state index contributed by atoms with van der Waals surface area (Å²) >= 11 is 0. The number of aromatic hydroxyl groups is 1. The summed E-state index contributed by atoms with van der Waals surface area (Å²) < 4.78 is 5.06. The third kappa shape index (κ3) is 4.56. The number of phenolic OH excluding ortho intramolecular Hbond substituents is 1. The van der Waals surface area contributed by atoms with Crippen LogP contribution in [0.1, 0.15) is 36.2 Å². The van der Waals surface area contributed by atoms with Crippen molar-refractivity contribution in [3.63, 3.8) is 0 Å². The average molecular weight is 265 g/mol. The van der Waals surface area contributed by atoms with E-state index in [1.54, 1.807) is 32.2 Å². The molecule has 0 aliphatic rings. The van der Waals surface area contributed by atoms with E-state index in [2.05, 4.69) is 19.2 Å². The molecule has 0 unspecified atom stereocenters. The van der Waals surface area contributed by atoms with Crippen molar-refractivity contribution in [2.75, 3.05) is 20.3 Å². The van der Waals surface area contributed by atoms with E-state index >= 15 is 0 Å². The van der Waals surface area contributed by atoms with E-state index in [9.17, 15) is 9.90 Å². The van der Waals surface area contributed by atoms with Crippen molar-refractivity contribution in [2.24, 2.45) is 5.41 Å². The van der Waals surface area contributed by atoms with Crippen LogP contribution in [0.4, 0.5) is 0 Å². The van der Waals surface area contributed by atoms with Gasteiger partial charge in [0.1, 0.15) is 5.75 Å². The fraction of sp³-hybridized carbons (Fsp3) is 0.533. The van der Waals surface area contributed by atoms with E-state index in [1.807, 2.05) is 0 Å². The Morgan fingerprint density at radius 1 is 1.42 bits per heavy atom. The maximum atomic E-state index is 12.1. The Morgan fingerprint density at radius 2 is 2.11 bits per heavy atom. The standard InChI is InChI=1S/C15H23NO3/c1-11-12(6-5-7-13(11)17)14(18)16-10-15(2,3)8-9-19-4/h5-7,17H,8-10H2,1-4H3,(H,16,18). The first-order valence-corrected chi connectivity index (χ1v) is 6.43. The number of hydrogen-bond donors (Lipinski definition) is 2. The SMILES string of the molecule is COCCC(C)(C)CNC(=O)c1cccc(O)c1C. The minimum atomic E-state index is -0.154. The van der Waals surface area contributed by atoms with Gasteiger partial charge in [0.25, 0.3) is 5.91 Å². The Morgan fingerprint density at radius 3 is 2.74 bits per heavy atom. The number of amides is 1. The van der Waals surface area contributed by atoms with Crippen LogP contribution in [0.25, 0.3) is 0 Å². The molecule has 0 aromatic heterocycles. The van der Waals surface area contributed by atoms with E-state index in [0.717, 1.165) is 6.42 Å². The molecular weight excluding hydrogens is 242 g/mol. The maximum absolute atomic E-state index is 12.1. The van der Waals surface area contributed by atoms with Gasteiger partial charge in [0.2, 0.25) is 0 Å². The van der Waals surface area contributed by atoms with E-state index in [-0.39, 0.29) is 17.1 Å². The normalized spacial score (nSPS) is 11.4. The van der Waals surface area contributed by atoms with Crippen LogP contribution in [-0.2, 0) is 4.74 Å². The molecule has 0 bridgehead atoms. The molecule has 106 valence electrons. The van der Waals surface area contributed by atoms with Crippen molar-refractivity contribution < 1.29 is 14.6 Å². The maximum Gasteiger partial charge on any atom is 0.251 e. The van der Waals surface area contributed by atoms with Crippen molar-refractivity contribution in [1.29, 1.82) is 0 Å². The Kier molecular flexibility index (Phi) is 5.36. The molecule has 1 aromatic carbocycles. The highest BCUT2D eigenvalue weighted by atomic mass is 16.5. The summed E-state index contributed by atoms with van der Waals surface area (Å²) in [6, 6.07) is 4.97. The van der Waals surface area contributed by atoms with Gasteiger partial charge in [-0.3, -0.25) is 4.79 Å². The zero-order valence-electron chi connectivity index (χ0n) is 12.1. The molecule has 0 aliphatic heterocycles. The molecule has 0 saturated heterocycles. The molecule has 4 heteroatoms. The van der Waals surface area contributed by atoms with Gasteiger partial charge in [-0.2, -0.15) is 0 Å². The lowest BCUT2D eigenvalue weighted by molar-refractivity contribution is 0.0920. The molecule has 2 N–H and O–H groups in total. The molecule has 0 atom stereocenters. The monoisotopic (exact) mass is 265 g/mol. The minimum absolute atomic E-state index is 0.0175. The van der Waals surface area contributed by atoms with Gasteiger partial charge in [-0.15, -0.1) is 0 Å². The summed E-state index contributed by atoms with van der Waals surface area (Å²) in [5.41, 5.74) is 1.10. The molecule has 1 rings (SSSR count). The molecule has 0 fully saturated rings. The quantitative estimate of drug-likeness (QED) is 0.831. The number of methoxy groups -OCH3 is 1. The largest absolute Gasteiger partial charge is 0.508 e. The van der Waals surface area contributed by atoms with Gasteiger partial charge in [0.15, 0.2) is 0 Å². The molecule has 1 amide bonds. The minimum Gasteiger partial charge on any atom is -0.508 e. The molecule has 0 spiro atoms. The molecule has 0 heterocycles. The number of hydrogen-bond acceptors (Lipinski definition) is 3. The second-order valence-electron chi connectivity index (χ2n) is 5.54. The van der Waals surface area contributed by atoms with Gasteiger partial charge in [-0.05, 0) is 30.9 Å². The van der Waals surface area contributed by atoms with Crippen LogP contribution < -0.4 is 5.32 Å². The van der Waals surface area contributed by atoms with Crippen molar-refractivity contribution in [3.8, 4) is 5.75 Å². The van der Waals surface area contributed by atoms with E-state index in [4.69, 9.17) is 4.74 Å². The number of phenols is 1. The third-order valence-corrected chi connectivity index (χ3v) is 3.26. The summed E-state index contributed by atoms with van der Waals surface area (Å²) in [6.45, 7) is 7.15. The predicted octanol–water partition coefficient (Wildman–Crippen LogP) is 2.49. The summed E-state index contributed by atoms with van der Waals surface area (Å²) in [7, 11) is 1.67. The molecule has 19 heavy (non-hydrogen) atoms. The van der Waals surface area contributed by atoms with Crippen LogP contribution in [0.2, 0.25) is 0 Å². The van der Waals surface area contributed by atoms with Gasteiger partial charge in [0.05, 0.1) is 0 Å². The number of ether oxygens (including phenoxy) is 1. The van der Waals surface area contributed by atoms with Crippen LogP contribution in [0.15, 0.2) is 18.2 Å². The van der Waals surface area contributed by atoms with Crippen LogP contribution in [0.5, 0.6) is 5.75 Å². The van der Waals surface area contributed by atoms with Gasteiger partial charge >= 0.3 is 0 Å². The van der Waals surface area contributed by atoms with Gasteiger partial charge < -0.3 is 15.2 Å². The van der Waals surface area contributed by atoms with E-state index in [1.165, 1.54) is 0 Å². The second kappa shape index (κ2) is 6.57. The first-order chi connectivity index (χ1) is 8.87. The highest BCUT2D eigenvalue weighted by Gasteiger charge is 2.19. The summed E-state index contributed by atoms with van der Waals surface area (Å²) in [5.74, 6) is -0.00909. The Bertz CT molecular complexity index is 441. The van der Waals surface area contributed by atoms with E-state index < -0.39 is 0 Å². The Labute approximate surface area is 114 Å². The number of benzene rings is 1. The van der Waals surface area contributed by atoms with Crippen molar-refractivity contribution >= 4 is 5.91 Å². The van der Waals surface area contributed by atoms with Crippen LogP contribution in [-0.4, -0.2) is 31.3 Å².